The lowest BCUT2D eigenvalue weighted by atomic mass is 9.85. The highest BCUT2D eigenvalue weighted by atomic mass is 19.1. The van der Waals surface area contributed by atoms with Crippen molar-refractivity contribution >= 4 is 29.5 Å². The van der Waals surface area contributed by atoms with E-state index in [-0.39, 0.29) is 30.9 Å². The number of rotatable bonds is 7. The van der Waals surface area contributed by atoms with Gasteiger partial charge in [-0.1, -0.05) is 0 Å². The van der Waals surface area contributed by atoms with E-state index in [4.69, 9.17) is 10.5 Å². The van der Waals surface area contributed by atoms with Crippen LogP contribution in [0.2, 0.25) is 0 Å². The van der Waals surface area contributed by atoms with E-state index in [1.165, 1.54) is 61.0 Å². The first-order chi connectivity index (χ1) is 16.5. The Balaban J connectivity index is 1.81. The average Bonchev–Trinajstić information content (AvgIpc) is 3.25. The number of methoxy groups -OCH3 is 1. The smallest absolute Gasteiger partial charge is 0.410 e. The van der Waals surface area contributed by atoms with Crippen molar-refractivity contribution in [2.24, 2.45) is 5.73 Å². The molecule has 1 saturated heterocycles. The van der Waals surface area contributed by atoms with Crippen LogP contribution in [0.3, 0.4) is 0 Å². The summed E-state index contributed by atoms with van der Waals surface area (Å²) in [4.78, 5) is 38.0. The van der Waals surface area contributed by atoms with Crippen LogP contribution in [0.15, 0.2) is 30.5 Å². The third kappa shape index (κ3) is 5.51. The van der Waals surface area contributed by atoms with E-state index in [9.17, 15) is 24.0 Å². The van der Waals surface area contributed by atoms with Gasteiger partial charge >= 0.3 is 12.1 Å². The molecule has 0 spiro atoms. The summed E-state index contributed by atoms with van der Waals surface area (Å²) in [5.41, 5.74) is 3.89. The van der Waals surface area contributed by atoms with E-state index in [1.54, 1.807) is 0 Å². The van der Waals surface area contributed by atoms with Crippen LogP contribution in [0, 0.1) is 17.1 Å². The molecule has 35 heavy (non-hydrogen) atoms. The summed E-state index contributed by atoms with van der Waals surface area (Å²) in [6.07, 6.45) is 1.54. The zero-order valence-electron chi connectivity index (χ0n) is 19.7. The first kappa shape index (κ1) is 25.5. The first-order valence-electron chi connectivity index (χ1n) is 10.9. The maximum atomic E-state index is 13.2. The third-order valence-corrected chi connectivity index (χ3v) is 5.95. The molecule has 0 atom stereocenters. The monoisotopic (exact) mass is 486 g/mol. The van der Waals surface area contributed by atoms with Gasteiger partial charge in [0, 0.05) is 25.0 Å². The molecule has 1 aliphatic rings. The maximum Gasteiger partial charge on any atom is 0.410 e. The molecule has 0 radical (unpaired) electrons. The molecule has 186 valence electrons. The highest BCUT2D eigenvalue weighted by Crippen LogP contribution is 2.35. The number of esters is 1. The molecular weight excluding hydrogens is 459 g/mol. The number of halogens is 1. The van der Waals surface area contributed by atoms with Crippen molar-refractivity contribution in [1.82, 2.24) is 14.7 Å². The Bertz CT molecular complexity index is 1150. The maximum absolute atomic E-state index is 13.2. The topological polar surface area (TPSA) is 153 Å². The predicted octanol–water partition coefficient (Wildman–Crippen LogP) is 2.66. The SMILES string of the molecule is COC(=O)C(C)(C)OC(=O)N1CCC(CC#N)(n2cc(C(N)=O)c(Nc3ccc(F)cc3)n2)CC1. The molecule has 2 heterocycles. The number of primary amides is 1. The molecule has 0 saturated carbocycles. The van der Waals surface area contributed by atoms with Gasteiger partial charge in [0.15, 0.2) is 5.82 Å². The molecule has 1 aromatic heterocycles. The molecular formula is C23H27FN6O5. The van der Waals surface area contributed by atoms with E-state index in [1.807, 2.05) is 0 Å². The number of hydrogen-bond donors (Lipinski definition) is 2. The van der Waals surface area contributed by atoms with Crippen LogP contribution >= 0.6 is 0 Å². The molecule has 1 fully saturated rings. The second-order valence-electron chi connectivity index (χ2n) is 8.75. The summed E-state index contributed by atoms with van der Waals surface area (Å²) in [6, 6.07) is 7.66. The number of benzene rings is 1. The van der Waals surface area contributed by atoms with Gasteiger partial charge in [-0.2, -0.15) is 10.4 Å². The molecule has 3 rings (SSSR count). The number of nitriles is 1. The molecule has 3 N–H and O–H groups in total. The zero-order valence-corrected chi connectivity index (χ0v) is 19.7. The largest absolute Gasteiger partial charge is 0.466 e. The molecule has 0 unspecified atom stereocenters. The fraction of sp³-hybridized carbons (Fsp3) is 0.435. The molecule has 2 aromatic rings. The number of carbonyl (C=O) groups is 3. The van der Waals surface area contributed by atoms with Gasteiger partial charge in [-0.3, -0.25) is 9.48 Å². The number of likely N-dealkylation sites (tertiary alicyclic amines) is 1. The zero-order chi connectivity index (χ0) is 25.8. The number of aromatic nitrogens is 2. The van der Waals surface area contributed by atoms with Gasteiger partial charge in [0.1, 0.15) is 11.4 Å². The lowest BCUT2D eigenvalue weighted by Gasteiger charge is -2.40. The van der Waals surface area contributed by atoms with Crippen molar-refractivity contribution in [3.8, 4) is 6.07 Å². The van der Waals surface area contributed by atoms with Crippen molar-refractivity contribution < 1.29 is 28.2 Å². The van der Waals surface area contributed by atoms with E-state index >= 15 is 0 Å². The summed E-state index contributed by atoms with van der Waals surface area (Å²) in [7, 11) is 1.21. The summed E-state index contributed by atoms with van der Waals surface area (Å²) in [6.45, 7) is 3.32. The van der Waals surface area contributed by atoms with Crippen LogP contribution in [-0.4, -0.2) is 58.5 Å². The highest BCUT2D eigenvalue weighted by molar-refractivity contribution is 5.98. The van der Waals surface area contributed by atoms with E-state index in [0.29, 0.717) is 18.5 Å². The van der Waals surface area contributed by atoms with Crippen molar-refractivity contribution in [1.29, 1.82) is 5.26 Å². The second kappa shape index (κ2) is 10.0. The normalized spacial score (nSPS) is 15.1. The van der Waals surface area contributed by atoms with E-state index in [0.717, 1.165) is 0 Å². The Kier molecular flexibility index (Phi) is 7.28. The quantitative estimate of drug-likeness (QED) is 0.567. The second-order valence-corrected chi connectivity index (χ2v) is 8.75. The molecule has 0 aliphatic carbocycles. The fourth-order valence-electron chi connectivity index (χ4n) is 3.87. The standard InChI is InChI=1S/C23H27FN6O5/c1-22(2,20(32)34-3)35-21(33)29-12-9-23(8-11-25,10-13-29)30-14-17(18(26)31)19(28-30)27-16-6-4-15(24)5-7-16/h4-7,14H,8-10,12-13H2,1-3H3,(H2,26,31)(H,27,28). The minimum absolute atomic E-state index is 0.0689. The van der Waals surface area contributed by atoms with Crippen LogP contribution in [0.1, 0.15) is 43.5 Å². The third-order valence-electron chi connectivity index (χ3n) is 5.95. The number of nitrogens with one attached hydrogen (secondary N) is 1. The predicted molar refractivity (Wildman–Crippen MR) is 122 cm³/mol. The minimum atomic E-state index is -1.45. The van der Waals surface area contributed by atoms with Crippen molar-refractivity contribution in [2.45, 2.75) is 44.2 Å². The number of nitrogens with zero attached hydrogens (tertiary/aromatic N) is 4. The van der Waals surface area contributed by atoms with Crippen LogP contribution < -0.4 is 11.1 Å². The Morgan fingerprint density at radius 3 is 2.43 bits per heavy atom. The number of anilines is 2. The van der Waals surface area contributed by atoms with Crippen LogP contribution in [0.25, 0.3) is 0 Å². The molecule has 0 bridgehead atoms. The van der Waals surface area contributed by atoms with Gasteiger partial charge in [-0.05, 0) is 51.0 Å². The van der Waals surface area contributed by atoms with Gasteiger partial charge in [-0.25, -0.2) is 14.0 Å². The molecule has 1 aliphatic heterocycles. The molecule has 1 aromatic carbocycles. The van der Waals surface area contributed by atoms with E-state index in [2.05, 4.69) is 21.2 Å². The Labute approximate surface area is 201 Å². The lowest BCUT2D eigenvalue weighted by molar-refractivity contribution is -0.159. The van der Waals surface area contributed by atoms with Gasteiger partial charge in [0.05, 0.1) is 25.1 Å². The number of ether oxygens (including phenoxy) is 2. The summed E-state index contributed by atoms with van der Waals surface area (Å²) in [5.74, 6) is -1.65. The Morgan fingerprint density at radius 1 is 1.26 bits per heavy atom. The van der Waals surface area contributed by atoms with E-state index < -0.39 is 34.9 Å². The number of hydrogen-bond acceptors (Lipinski definition) is 8. The molecule has 11 nitrogen and oxygen atoms in total. The first-order valence-corrected chi connectivity index (χ1v) is 10.9. The van der Waals surface area contributed by atoms with Gasteiger partial charge in [-0.15, -0.1) is 0 Å². The number of nitrogens with two attached hydrogens (primary N) is 1. The molecule has 12 heteroatoms. The van der Waals surface area contributed by atoms with Crippen LogP contribution in [0.4, 0.5) is 20.7 Å². The number of amides is 2. The number of piperidine rings is 1. The lowest BCUT2D eigenvalue weighted by Crippen LogP contribution is -2.50. The fourth-order valence-corrected chi connectivity index (χ4v) is 3.87. The Morgan fingerprint density at radius 2 is 1.89 bits per heavy atom. The number of carbonyl (C=O) groups excluding carboxylic acids is 3. The summed E-state index contributed by atoms with van der Waals surface area (Å²) < 4.78 is 24.8. The van der Waals surface area contributed by atoms with Gasteiger partial charge in [0.25, 0.3) is 5.91 Å². The summed E-state index contributed by atoms with van der Waals surface area (Å²) in [5, 5.41) is 17.0. The van der Waals surface area contributed by atoms with Crippen LogP contribution in [0.5, 0.6) is 0 Å². The highest BCUT2D eigenvalue weighted by Gasteiger charge is 2.41. The van der Waals surface area contributed by atoms with Crippen LogP contribution in [-0.2, 0) is 19.8 Å². The van der Waals surface area contributed by atoms with Crippen molar-refractivity contribution in [2.75, 3.05) is 25.5 Å². The van der Waals surface area contributed by atoms with Gasteiger partial charge < -0.3 is 25.4 Å². The minimum Gasteiger partial charge on any atom is -0.466 e. The van der Waals surface area contributed by atoms with Gasteiger partial charge in [0.2, 0.25) is 5.60 Å². The Hall–Kier alpha value is -4.14. The average molecular weight is 487 g/mol. The summed E-state index contributed by atoms with van der Waals surface area (Å²) >= 11 is 0. The van der Waals surface area contributed by atoms with Crippen molar-refractivity contribution in [3.05, 3.63) is 41.8 Å². The molecule has 2 amide bonds. The van der Waals surface area contributed by atoms with Crippen molar-refractivity contribution in [3.63, 3.8) is 0 Å².